The first-order chi connectivity index (χ1) is 17.1. The average molecular weight is 469 g/mol. The highest BCUT2D eigenvalue weighted by atomic mass is 16.2. The highest BCUT2D eigenvalue weighted by molar-refractivity contribution is 5.97. The number of aromatic nitrogens is 2. The van der Waals surface area contributed by atoms with Crippen LogP contribution in [-0.4, -0.2) is 45.4 Å². The van der Waals surface area contributed by atoms with Gasteiger partial charge in [0.2, 0.25) is 5.91 Å². The zero-order chi connectivity index (χ0) is 24.2. The molecular formula is C28H28N4O3. The number of H-pyrrole nitrogens is 1. The summed E-state index contributed by atoms with van der Waals surface area (Å²) in [5, 5.41) is 2.96. The quantitative estimate of drug-likeness (QED) is 0.454. The molecule has 7 nitrogen and oxygen atoms in total. The third-order valence-corrected chi connectivity index (χ3v) is 6.69. The molecule has 2 heterocycles. The third kappa shape index (κ3) is 4.89. The summed E-state index contributed by atoms with van der Waals surface area (Å²) < 4.78 is 1.82. The molecule has 35 heavy (non-hydrogen) atoms. The number of nitrogens with zero attached hydrogens (tertiary/aromatic N) is 2. The molecular weight excluding hydrogens is 440 g/mol. The first-order valence-electron chi connectivity index (χ1n) is 12.0. The summed E-state index contributed by atoms with van der Waals surface area (Å²) in [6, 6.07) is 25.7. The van der Waals surface area contributed by atoms with E-state index in [4.69, 9.17) is 0 Å². The van der Waals surface area contributed by atoms with E-state index in [0.717, 1.165) is 16.6 Å². The lowest BCUT2D eigenvalue weighted by molar-refractivity contribution is -0.134. The zero-order valence-electron chi connectivity index (χ0n) is 19.4. The van der Waals surface area contributed by atoms with E-state index in [2.05, 4.69) is 10.3 Å². The maximum atomic E-state index is 13.6. The van der Waals surface area contributed by atoms with Crippen LogP contribution in [0.5, 0.6) is 0 Å². The minimum Gasteiger partial charge on any atom is -0.341 e. The standard InChI is InChI=1S/C28H28N4O3/c33-26(21-11-5-2-6-12-21)29-24(19-20-9-3-1-4-10-20)27(34)31-17-15-22(16-18-31)32-25-14-8-7-13-23(25)30-28(32)35/h1-14,22,24H,15-19H2,(H,29,33)(H,30,35)/t24-/m0/s1. The molecule has 178 valence electrons. The number of piperidine rings is 1. The lowest BCUT2D eigenvalue weighted by Gasteiger charge is -2.35. The maximum Gasteiger partial charge on any atom is 0.326 e. The Morgan fingerprint density at radius 2 is 1.51 bits per heavy atom. The molecule has 0 spiro atoms. The van der Waals surface area contributed by atoms with Crippen LogP contribution in [0.2, 0.25) is 0 Å². The molecule has 1 aromatic heterocycles. The Morgan fingerprint density at radius 3 is 2.23 bits per heavy atom. The van der Waals surface area contributed by atoms with Gasteiger partial charge in [-0.2, -0.15) is 0 Å². The first kappa shape index (κ1) is 22.7. The van der Waals surface area contributed by atoms with E-state index in [1.807, 2.05) is 70.1 Å². The predicted octanol–water partition coefficient (Wildman–Crippen LogP) is 3.53. The molecule has 0 aliphatic carbocycles. The van der Waals surface area contributed by atoms with E-state index in [-0.39, 0.29) is 23.5 Å². The molecule has 5 rings (SSSR count). The Morgan fingerprint density at radius 1 is 0.886 bits per heavy atom. The van der Waals surface area contributed by atoms with Gasteiger partial charge in [-0.05, 0) is 42.7 Å². The summed E-state index contributed by atoms with van der Waals surface area (Å²) in [4.78, 5) is 43.8. The Bertz CT molecular complexity index is 1370. The second-order valence-corrected chi connectivity index (χ2v) is 8.96. The van der Waals surface area contributed by atoms with Gasteiger partial charge >= 0.3 is 5.69 Å². The summed E-state index contributed by atoms with van der Waals surface area (Å²) in [5.41, 5.74) is 3.10. The number of para-hydroxylation sites is 2. The van der Waals surface area contributed by atoms with Gasteiger partial charge in [0, 0.05) is 31.1 Å². The van der Waals surface area contributed by atoms with Crippen molar-refractivity contribution < 1.29 is 9.59 Å². The van der Waals surface area contributed by atoms with E-state index in [0.29, 0.717) is 37.9 Å². The second kappa shape index (κ2) is 10.0. The number of rotatable bonds is 6. The third-order valence-electron chi connectivity index (χ3n) is 6.69. The van der Waals surface area contributed by atoms with Crippen LogP contribution >= 0.6 is 0 Å². The van der Waals surface area contributed by atoms with Gasteiger partial charge in [0.1, 0.15) is 6.04 Å². The van der Waals surface area contributed by atoms with Crippen LogP contribution in [0.3, 0.4) is 0 Å². The number of amides is 2. The number of benzene rings is 3. The molecule has 1 fully saturated rings. The summed E-state index contributed by atoms with van der Waals surface area (Å²) >= 11 is 0. The summed E-state index contributed by atoms with van der Waals surface area (Å²) in [6.45, 7) is 1.06. The van der Waals surface area contributed by atoms with Crippen molar-refractivity contribution in [2.75, 3.05) is 13.1 Å². The van der Waals surface area contributed by atoms with Crippen molar-refractivity contribution in [3.05, 3.63) is 107 Å². The van der Waals surface area contributed by atoms with E-state index >= 15 is 0 Å². The van der Waals surface area contributed by atoms with E-state index in [1.54, 1.807) is 24.3 Å². The molecule has 2 amide bonds. The summed E-state index contributed by atoms with van der Waals surface area (Å²) in [5.74, 6) is -0.358. The van der Waals surface area contributed by atoms with Crippen molar-refractivity contribution in [3.63, 3.8) is 0 Å². The number of carbonyl (C=O) groups is 2. The van der Waals surface area contributed by atoms with Gasteiger partial charge in [0.15, 0.2) is 0 Å². The number of hydrogen-bond donors (Lipinski definition) is 2. The number of fused-ring (bicyclic) bond motifs is 1. The highest BCUT2D eigenvalue weighted by Crippen LogP contribution is 2.25. The number of nitrogens with one attached hydrogen (secondary N) is 2. The lowest BCUT2D eigenvalue weighted by Crippen LogP contribution is -2.52. The number of aromatic amines is 1. The van der Waals surface area contributed by atoms with Crippen LogP contribution in [0.15, 0.2) is 89.7 Å². The van der Waals surface area contributed by atoms with E-state index in [1.165, 1.54) is 0 Å². The molecule has 0 saturated carbocycles. The van der Waals surface area contributed by atoms with Gasteiger partial charge < -0.3 is 15.2 Å². The molecule has 0 radical (unpaired) electrons. The van der Waals surface area contributed by atoms with Crippen LogP contribution in [0, 0.1) is 0 Å². The van der Waals surface area contributed by atoms with Gasteiger partial charge in [0.25, 0.3) is 5.91 Å². The second-order valence-electron chi connectivity index (χ2n) is 8.96. The van der Waals surface area contributed by atoms with Crippen LogP contribution in [-0.2, 0) is 11.2 Å². The Hall–Kier alpha value is -4.13. The van der Waals surface area contributed by atoms with Crippen molar-refractivity contribution in [2.45, 2.75) is 31.3 Å². The van der Waals surface area contributed by atoms with E-state index in [9.17, 15) is 14.4 Å². The minimum atomic E-state index is -0.669. The first-order valence-corrected chi connectivity index (χ1v) is 12.0. The molecule has 0 bridgehead atoms. The van der Waals surface area contributed by atoms with Gasteiger partial charge in [-0.25, -0.2) is 4.79 Å². The van der Waals surface area contributed by atoms with Crippen LogP contribution in [0.1, 0.15) is 34.8 Å². The van der Waals surface area contributed by atoms with Gasteiger partial charge in [-0.3, -0.25) is 14.2 Å². The van der Waals surface area contributed by atoms with Crippen molar-refractivity contribution in [3.8, 4) is 0 Å². The van der Waals surface area contributed by atoms with Crippen molar-refractivity contribution in [1.29, 1.82) is 0 Å². The molecule has 1 atom stereocenters. The van der Waals surface area contributed by atoms with Crippen LogP contribution < -0.4 is 11.0 Å². The summed E-state index contributed by atoms with van der Waals surface area (Å²) in [6.07, 6.45) is 1.77. The molecule has 7 heteroatoms. The molecule has 4 aromatic rings. The van der Waals surface area contributed by atoms with Crippen LogP contribution in [0.25, 0.3) is 11.0 Å². The van der Waals surface area contributed by atoms with Crippen LogP contribution in [0.4, 0.5) is 0 Å². The van der Waals surface area contributed by atoms with Gasteiger partial charge in [0.05, 0.1) is 11.0 Å². The molecule has 3 aromatic carbocycles. The molecule has 1 aliphatic rings. The fourth-order valence-corrected chi connectivity index (χ4v) is 4.88. The fraction of sp³-hybridized carbons (Fsp3) is 0.250. The molecule has 0 unspecified atom stereocenters. The van der Waals surface area contributed by atoms with E-state index < -0.39 is 6.04 Å². The Balaban J connectivity index is 1.31. The topological polar surface area (TPSA) is 87.2 Å². The predicted molar refractivity (Wildman–Crippen MR) is 135 cm³/mol. The SMILES string of the molecule is O=C(N[C@@H](Cc1ccccc1)C(=O)N1CCC(n2c(=O)[nH]c3ccccc32)CC1)c1ccccc1. The number of hydrogen-bond acceptors (Lipinski definition) is 3. The fourth-order valence-electron chi connectivity index (χ4n) is 4.88. The van der Waals surface area contributed by atoms with Crippen molar-refractivity contribution >= 4 is 22.8 Å². The molecule has 1 aliphatic heterocycles. The zero-order valence-corrected chi connectivity index (χ0v) is 19.4. The Kier molecular flexibility index (Phi) is 6.48. The normalized spacial score (nSPS) is 15.1. The smallest absolute Gasteiger partial charge is 0.326 e. The lowest BCUT2D eigenvalue weighted by atomic mass is 10.0. The largest absolute Gasteiger partial charge is 0.341 e. The number of likely N-dealkylation sites (tertiary alicyclic amines) is 1. The average Bonchev–Trinajstić information content (AvgIpc) is 3.24. The molecule has 1 saturated heterocycles. The number of imidazole rings is 1. The Labute approximate surface area is 203 Å². The van der Waals surface area contributed by atoms with Crippen molar-refractivity contribution in [2.24, 2.45) is 0 Å². The minimum absolute atomic E-state index is 0.0224. The highest BCUT2D eigenvalue weighted by Gasteiger charge is 2.31. The molecule has 2 N–H and O–H groups in total. The maximum absolute atomic E-state index is 13.6. The van der Waals surface area contributed by atoms with Gasteiger partial charge in [-0.1, -0.05) is 60.7 Å². The van der Waals surface area contributed by atoms with Gasteiger partial charge in [-0.15, -0.1) is 0 Å². The number of carbonyl (C=O) groups excluding carboxylic acids is 2. The van der Waals surface area contributed by atoms with Crippen molar-refractivity contribution in [1.82, 2.24) is 19.8 Å². The summed E-state index contributed by atoms with van der Waals surface area (Å²) in [7, 11) is 0. The monoisotopic (exact) mass is 468 g/mol.